The minimum Gasteiger partial charge on any atom is -0.496 e. The van der Waals surface area contributed by atoms with Crippen molar-refractivity contribution in [1.82, 2.24) is 0 Å². The Bertz CT molecular complexity index is 377. The highest BCUT2D eigenvalue weighted by molar-refractivity contribution is 5.94. The van der Waals surface area contributed by atoms with Crippen LogP contribution in [0.4, 0.5) is 5.69 Å². The van der Waals surface area contributed by atoms with Crippen LogP contribution in [0.1, 0.15) is 12.5 Å². The van der Waals surface area contributed by atoms with Crippen molar-refractivity contribution >= 4 is 11.6 Å². The van der Waals surface area contributed by atoms with E-state index in [2.05, 4.69) is 0 Å². The summed E-state index contributed by atoms with van der Waals surface area (Å²) in [5, 5.41) is 0. The molecule has 0 radical (unpaired) electrons. The van der Waals surface area contributed by atoms with E-state index < -0.39 is 0 Å². The molecule has 1 aromatic carbocycles. The van der Waals surface area contributed by atoms with Gasteiger partial charge in [0, 0.05) is 12.7 Å². The molecule has 2 N–H and O–H groups in total. The molecule has 0 heterocycles. The predicted octanol–water partition coefficient (Wildman–Crippen LogP) is 1.18. The number of benzene rings is 1. The molecule has 4 heteroatoms. The van der Waals surface area contributed by atoms with Gasteiger partial charge in [0.1, 0.15) is 5.75 Å². The monoisotopic (exact) mass is 222 g/mol. The minimum atomic E-state index is -0.104. The van der Waals surface area contributed by atoms with Gasteiger partial charge >= 0.3 is 0 Å². The first-order chi connectivity index (χ1) is 7.63. The molecular formula is C12H18N2O2. The number of aryl methyl sites for hydroxylation is 1. The number of amides is 1. The normalized spacial score (nSPS) is 10.0. The fourth-order valence-corrected chi connectivity index (χ4v) is 1.53. The van der Waals surface area contributed by atoms with Crippen molar-refractivity contribution in [3.8, 4) is 5.75 Å². The van der Waals surface area contributed by atoms with Gasteiger partial charge < -0.3 is 15.4 Å². The van der Waals surface area contributed by atoms with Crippen LogP contribution >= 0.6 is 0 Å². The first-order valence-corrected chi connectivity index (χ1v) is 5.27. The molecule has 0 saturated carbocycles. The van der Waals surface area contributed by atoms with E-state index in [-0.39, 0.29) is 12.5 Å². The summed E-state index contributed by atoms with van der Waals surface area (Å²) in [6, 6.07) is 5.67. The van der Waals surface area contributed by atoms with Gasteiger partial charge in [0.25, 0.3) is 0 Å². The largest absolute Gasteiger partial charge is 0.496 e. The number of hydrogen-bond acceptors (Lipinski definition) is 3. The van der Waals surface area contributed by atoms with Crippen LogP contribution in [0.3, 0.4) is 0 Å². The number of rotatable bonds is 4. The van der Waals surface area contributed by atoms with Crippen molar-refractivity contribution in [1.29, 1.82) is 0 Å². The highest BCUT2D eigenvalue weighted by Gasteiger charge is 2.10. The first-order valence-electron chi connectivity index (χ1n) is 5.27. The van der Waals surface area contributed by atoms with E-state index in [1.54, 1.807) is 19.1 Å². The van der Waals surface area contributed by atoms with Gasteiger partial charge in [-0.3, -0.25) is 4.79 Å². The molecule has 0 unspecified atom stereocenters. The fourth-order valence-electron chi connectivity index (χ4n) is 1.53. The zero-order valence-electron chi connectivity index (χ0n) is 9.99. The summed E-state index contributed by atoms with van der Waals surface area (Å²) in [6.07, 6.45) is 0.863. The molecule has 1 rings (SSSR count). The Hall–Kier alpha value is -1.55. The molecule has 0 aliphatic rings. The third kappa shape index (κ3) is 2.52. The molecule has 88 valence electrons. The van der Waals surface area contributed by atoms with Crippen LogP contribution in [0.15, 0.2) is 18.2 Å². The molecule has 0 aromatic heterocycles. The zero-order chi connectivity index (χ0) is 12.1. The van der Waals surface area contributed by atoms with E-state index in [9.17, 15) is 4.79 Å². The molecule has 0 aliphatic heterocycles. The molecule has 0 fully saturated rings. The Balaban J connectivity index is 3.03. The van der Waals surface area contributed by atoms with E-state index in [1.807, 2.05) is 25.1 Å². The van der Waals surface area contributed by atoms with Gasteiger partial charge in [-0.1, -0.05) is 6.92 Å². The van der Waals surface area contributed by atoms with Crippen molar-refractivity contribution in [2.24, 2.45) is 5.73 Å². The van der Waals surface area contributed by atoms with E-state index in [1.165, 1.54) is 0 Å². The quantitative estimate of drug-likeness (QED) is 0.832. The van der Waals surface area contributed by atoms with Gasteiger partial charge in [-0.15, -0.1) is 0 Å². The molecule has 0 spiro atoms. The summed E-state index contributed by atoms with van der Waals surface area (Å²) in [5.74, 6) is 0.743. The lowest BCUT2D eigenvalue weighted by molar-refractivity contribution is -0.117. The van der Waals surface area contributed by atoms with Crippen LogP contribution in [0.5, 0.6) is 5.75 Å². The highest BCUT2D eigenvalue weighted by Crippen LogP contribution is 2.24. The number of likely N-dealkylation sites (N-methyl/N-ethyl adjacent to an activating group) is 1. The van der Waals surface area contributed by atoms with Gasteiger partial charge in [-0.2, -0.15) is 0 Å². The molecule has 1 aromatic rings. The maximum atomic E-state index is 11.4. The van der Waals surface area contributed by atoms with Crippen molar-refractivity contribution in [3.63, 3.8) is 0 Å². The van der Waals surface area contributed by atoms with Crippen LogP contribution in [0, 0.1) is 0 Å². The summed E-state index contributed by atoms with van der Waals surface area (Å²) in [6.45, 7) is 2.07. The zero-order valence-corrected chi connectivity index (χ0v) is 9.99. The van der Waals surface area contributed by atoms with Gasteiger partial charge in [0.2, 0.25) is 5.91 Å². The Morgan fingerprint density at radius 3 is 2.69 bits per heavy atom. The van der Waals surface area contributed by atoms with Gasteiger partial charge in [0.15, 0.2) is 0 Å². The van der Waals surface area contributed by atoms with Crippen molar-refractivity contribution < 1.29 is 9.53 Å². The number of ether oxygens (including phenoxy) is 1. The Kier molecular flexibility index (Phi) is 4.31. The third-order valence-electron chi connectivity index (χ3n) is 2.58. The van der Waals surface area contributed by atoms with Crippen molar-refractivity contribution in [2.45, 2.75) is 13.3 Å². The van der Waals surface area contributed by atoms with Crippen molar-refractivity contribution in [3.05, 3.63) is 23.8 Å². The highest BCUT2D eigenvalue weighted by atomic mass is 16.5. The summed E-state index contributed by atoms with van der Waals surface area (Å²) >= 11 is 0. The lowest BCUT2D eigenvalue weighted by atomic mass is 10.1. The SMILES string of the molecule is CCc1cc(N(C)C(=O)CN)ccc1OC. The van der Waals surface area contributed by atoms with Crippen LogP contribution < -0.4 is 15.4 Å². The summed E-state index contributed by atoms with van der Waals surface area (Å²) in [4.78, 5) is 13.0. The number of carbonyl (C=O) groups is 1. The van der Waals surface area contributed by atoms with Gasteiger partial charge in [0.05, 0.1) is 13.7 Å². The smallest absolute Gasteiger partial charge is 0.240 e. The average Bonchev–Trinajstić information content (AvgIpc) is 2.35. The molecule has 0 saturated heterocycles. The van der Waals surface area contributed by atoms with Crippen LogP contribution in [0.25, 0.3) is 0 Å². The van der Waals surface area contributed by atoms with E-state index in [0.29, 0.717) is 0 Å². The van der Waals surface area contributed by atoms with E-state index in [4.69, 9.17) is 10.5 Å². The minimum absolute atomic E-state index is 0.0178. The Labute approximate surface area is 96.0 Å². The molecule has 1 amide bonds. The second-order valence-electron chi connectivity index (χ2n) is 3.51. The second kappa shape index (κ2) is 5.51. The average molecular weight is 222 g/mol. The summed E-state index contributed by atoms with van der Waals surface area (Å²) in [5.41, 5.74) is 7.24. The molecule has 0 aliphatic carbocycles. The molecule has 0 atom stereocenters. The van der Waals surface area contributed by atoms with Gasteiger partial charge in [-0.25, -0.2) is 0 Å². The van der Waals surface area contributed by atoms with E-state index >= 15 is 0 Å². The lowest BCUT2D eigenvalue weighted by Crippen LogP contribution is -2.32. The number of nitrogens with two attached hydrogens (primary N) is 1. The number of methoxy groups -OCH3 is 1. The fraction of sp³-hybridized carbons (Fsp3) is 0.417. The molecule has 0 bridgehead atoms. The number of anilines is 1. The molecule has 16 heavy (non-hydrogen) atoms. The first kappa shape index (κ1) is 12.5. The number of nitrogens with zero attached hydrogens (tertiary/aromatic N) is 1. The van der Waals surface area contributed by atoms with Crippen molar-refractivity contribution in [2.75, 3.05) is 25.6 Å². The summed E-state index contributed by atoms with van der Waals surface area (Å²) in [7, 11) is 3.36. The van der Waals surface area contributed by atoms with E-state index in [0.717, 1.165) is 23.4 Å². The third-order valence-corrected chi connectivity index (χ3v) is 2.58. The summed E-state index contributed by atoms with van der Waals surface area (Å²) < 4.78 is 5.23. The standard InChI is InChI=1S/C12H18N2O2/c1-4-9-7-10(5-6-11(9)16-3)14(2)12(15)8-13/h5-7H,4,8,13H2,1-3H3. The topological polar surface area (TPSA) is 55.6 Å². The Morgan fingerprint density at radius 1 is 1.50 bits per heavy atom. The van der Waals surface area contributed by atoms with Crippen LogP contribution in [-0.2, 0) is 11.2 Å². The molecular weight excluding hydrogens is 204 g/mol. The second-order valence-corrected chi connectivity index (χ2v) is 3.51. The Morgan fingerprint density at radius 2 is 2.19 bits per heavy atom. The lowest BCUT2D eigenvalue weighted by Gasteiger charge is -2.18. The predicted molar refractivity (Wildman–Crippen MR) is 64.8 cm³/mol. The maximum Gasteiger partial charge on any atom is 0.240 e. The van der Waals surface area contributed by atoms with Gasteiger partial charge in [-0.05, 0) is 30.2 Å². The van der Waals surface area contributed by atoms with Crippen LogP contribution in [0.2, 0.25) is 0 Å². The number of hydrogen-bond donors (Lipinski definition) is 1. The molecule has 4 nitrogen and oxygen atoms in total. The maximum absolute atomic E-state index is 11.4. The number of carbonyl (C=O) groups excluding carboxylic acids is 1. The van der Waals surface area contributed by atoms with Crippen LogP contribution in [-0.4, -0.2) is 26.6 Å².